The quantitative estimate of drug-likeness (QED) is 0.447. The van der Waals surface area contributed by atoms with Crippen LogP contribution in [0.5, 0.6) is 11.5 Å². The minimum Gasteiger partial charge on any atom is -0.493 e. The average Bonchev–Trinajstić information content (AvgIpc) is 3.16. The summed E-state index contributed by atoms with van der Waals surface area (Å²) in [6.45, 7) is 2.18. The zero-order chi connectivity index (χ0) is 22.5. The highest BCUT2D eigenvalue weighted by Gasteiger charge is 2.16. The van der Waals surface area contributed by atoms with Crippen molar-refractivity contribution in [2.24, 2.45) is 0 Å². The number of benzene rings is 3. The average molecular weight is 430 g/mol. The molecule has 4 aromatic rings. The maximum absolute atomic E-state index is 12.9. The summed E-state index contributed by atoms with van der Waals surface area (Å²) >= 11 is 0. The minimum absolute atomic E-state index is 0.0573. The zero-order valence-corrected chi connectivity index (χ0v) is 18.5. The van der Waals surface area contributed by atoms with E-state index in [4.69, 9.17) is 14.5 Å². The molecule has 6 nitrogen and oxygen atoms in total. The van der Waals surface area contributed by atoms with Gasteiger partial charge in [0.15, 0.2) is 11.5 Å². The summed E-state index contributed by atoms with van der Waals surface area (Å²) < 4.78 is 12.8. The Morgan fingerprint density at radius 2 is 1.69 bits per heavy atom. The van der Waals surface area contributed by atoms with Crippen molar-refractivity contribution in [1.29, 1.82) is 0 Å². The van der Waals surface area contributed by atoms with E-state index in [2.05, 4.69) is 5.32 Å². The van der Waals surface area contributed by atoms with E-state index in [1.54, 1.807) is 14.2 Å². The molecule has 0 saturated heterocycles. The molecule has 1 unspecified atom stereocenters. The lowest BCUT2D eigenvalue weighted by Gasteiger charge is -2.16. The second-order valence-corrected chi connectivity index (χ2v) is 7.67. The van der Waals surface area contributed by atoms with Gasteiger partial charge in [0.05, 0.1) is 31.3 Å². The van der Waals surface area contributed by atoms with Gasteiger partial charge in [-0.05, 0) is 42.3 Å². The van der Waals surface area contributed by atoms with Gasteiger partial charge in [0.2, 0.25) is 5.91 Å². The summed E-state index contributed by atoms with van der Waals surface area (Å²) in [5, 5.41) is 3.10. The summed E-state index contributed by atoms with van der Waals surface area (Å²) in [5.74, 6) is 2.11. The van der Waals surface area contributed by atoms with Crippen molar-refractivity contribution in [1.82, 2.24) is 14.9 Å². The van der Waals surface area contributed by atoms with Crippen LogP contribution < -0.4 is 14.8 Å². The van der Waals surface area contributed by atoms with Crippen molar-refractivity contribution in [2.75, 3.05) is 14.2 Å². The molecule has 0 aliphatic heterocycles. The number of ether oxygens (including phenoxy) is 2. The van der Waals surface area contributed by atoms with Crippen molar-refractivity contribution in [2.45, 2.75) is 25.9 Å². The van der Waals surface area contributed by atoms with Gasteiger partial charge in [-0.25, -0.2) is 4.98 Å². The van der Waals surface area contributed by atoms with Crippen LogP contribution in [0.15, 0.2) is 72.8 Å². The fourth-order valence-electron chi connectivity index (χ4n) is 3.87. The van der Waals surface area contributed by atoms with Gasteiger partial charge in [0, 0.05) is 6.42 Å². The standard InChI is InChI=1S/C26H27N3O3/c1-18(20-9-5-4-6-10-20)27-26(30)17-29-22-12-8-7-11-21(22)28-25(29)16-19-13-14-23(31-2)24(15-19)32-3/h4-15,18H,16-17H2,1-3H3,(H,27,30). The fraction of sp³-hybridized carbons (Fsp3) is 0.231. The highest BCUT2D eigenvalue weighted by molar-refractivity contribution is 5.81. The topological polar surface area (TPSA) is 65.4 Å². The molecular weight excluding hydrogens is 402 g/mol. The zero-order valence-electron chi connectivity index (χ0n) is 18.5. The summed E-state index contributed by atoms with van der Waals surface area (Å²) in [6.07, 6.45) is 0.566. The molecule has 1 aromatic heterocycles. The lowest BCUT2D eigenvalue weighted by molar-refractivity contribution is -0.122. The third-order valence-electron chi connectivity index (χ3n) is 5.52. The molecule has 6 heteroatoms. The summed E-state index contributed by atoms with van der Waals surface area (Å²) in [5.41, 5.74) is 3.90. The van der Waals surface area contributed by atoms with Gasteiger partial charge in [-0.2, -0.15) is 0 Å². The Hall–Kier alpha value is -3.80. The van der Waals surface area contributed by atoms with E-state index in [1.165, 1.54) is 0 Å². The van der Waals surface area contributed by atoms with Crippen molar-refractivity contribution in [3.8, 4) is 11.5 Å². The largest absolute Gasteiger partial charge is 0.493 e. The smallest absolute Gasteiger partial charge is 0.240 e. The first-order valence-corrected chi connectivity index (χ1v) is 10.6. The molecule has 1 atom stereocenters. The number of para-hydroxylation sites is 2. The number of hydrogen-bond acceptors (Lipinski definition) is 4. The number of imidazole rings is 1. The number of rotatable bonds is 8. The number of nitrogens with one attached hydrogen (secondary N) is 1. The Morgan fingerprint density at radius 3 is 2.44 bits per heavy atom. The molecular formula is C26H27N3O3. The van der Waals surface area contributed by atoms with Crippen molar-refractivity contribution in [3.63, 3.8) is 0 Å². The third kappa shape index (κ3) is 4.59. The molecule has 0 saturated carbocycles. The SMILES string of the molecule is COc1ccc(Cc2nc3ccccc3n2CC(=O)NC(C)c2ccccc2)cc1OC. The summed E-state index contributed by atoms with van der Waals surface area (Å²) in [7, 11) is 3.24. The third-order valence-corrected chi connectivity index (χ3v) is 5.52. The van der Waals surface area contributed by atoms with Crippen LogP contribution in [0.3, 0.4) is 0 Å². The molecule has 32 heavy (non-hydrogen) atoms. The molecule has 1 heterocycles. The van der Waals surface area contributed by atoms with E-state index in [-0.39, 0.29) is 18.5 Å². The Morgan fingerprint density at radius 1 is 0.969 bits per heavy atom. The van der Waals surface area contributed by atoms with Gasteiger partial charge in [-0.1, -0.05) is 48.5 Å². The van der Waals surface area contributed by atoms with Crippen LogP contribution in [0.2, 0.25) is 0 Å². The van der Waals surface area contributed by atoms with Gasteiger partial charge in [-0.3, -0.25) is 4.79 Å². The van der Waals surface area contributed by atoms with E-state index in [9.17, 15) is 4.79 Å². The number of hydrogen-bond donors (Lipinski definition) is 1. The highest BCUT2D eigenvalue weighted by Crippen LogP contribution is 2.29. The first-order valence-electron chi connectivity index (χ1n) is 10.6. The molecule has 0 aliphatic carbocycles. The Labute approximate surface area is 187 Å². The lowest BCUT2D eigenvalue weighted by atomic mass is 10.1. The molecule has 4 rings (SSSR count). The van der Waals surface area contributed by atoms with Crippen molar-refractivity contribution >= 4 is 16.9 Å². The molecule has 0 aliphatic rings. The molecule has 3 aromatic carbocycles. The van der Waals surface area contributed by atoms with Crippen LogP contribution in [-0.4, -0.2) is 29.7 Å². The second-order valence-electron chi connectivity index (χ2n) is 7.67. The predicted molar refractivity (Wildman–Crippen MR) is 125 cm³/mol. The molecule has 0 bridgehead atoms. The normalized spacial score (nSPS) is 11.8. The van der Waals surface area contributed by atoms with E-state index in [0.717, 1.165) is 28.0 Å². The maximum Gasteiger partial charge on any atom is 0.240 e. The van der Waals surface area contributed by atoms with Crippen LogP contribution in [-0.2, 0) is 17.8 Å². The lowest BCUT2D eigenvalue weighted by Crippen LogP contribution is -2.30. The maximum atomic E-state index is 12.9. The molecule has 0 radical (unpaired) electrons. The van der Waals surface area contributed by atoms with Crippen LogP contribution in [0, 0.1) is 0 Å². The highest BCUT2D eigenvalue weighted by atomic mass is 16.5. The number of carbonyl (C=O) groups excluding carboxylic acids is 1. The van der Waals surface area contributed by atoms with Gasteiger partial charge in [0.1, 0.15) is 12.4 Å². The first kappa shape index (κ1) is 21.4. The Bertz CT molecular complexity index is 1220. The molecule has 164 valence electrons. The van der Waals surface area contributed by atoms with Crippen molar-refractivity contribution in [3.05, 3.63) is 89.7 Å². The number of carbonyl (C=O) groups is 1. The summed E-state index contributed by atoms with van der Waals surface area (Å²) in [6, 6.07) is 23.6. The molecule has 0 fully saturated rings. The summed E-state index contributed by atoms with van der Waals surface area (Å²) in [4.78, 5) is 17.7. The molecule has 1 N–H and O–H groups in total. The molecule has 1 amide bonds. The van der Waals surface area contributed by atoms with E-state index >= 15 is 0 Å². The number of fused-ring (bicyclic) bond motifs is 1. The van der Waals surface area contributed by atoms with Crippen LogP contribution in [0.4, 0.5) is 0 Å². The van der Waals surface area contributed by atoms with E-state index in [1.807, 2.05) is 84.3 Å². The molecule has 0 spiro atoms. The monoisotopic (exact) mass is 429 g/mol. The Kier molecular flexibility index (Phi) is 6.40. The second kappa shape index (κ2) is 9.56. The number of amides is 1. The van der Waals surface area contributed by atoms with Crippen LogP contribution >= 0.6 is 0 Å². The number of nitrogens with zero attached hydrogens (tertiary/aromatic N) is 2. The Balaban J connectivity index is 1.60. The number of methoxy groups -OCH3 is 2. The van der Waals surface area contributed by atoms with Gasteiger partial charge < -0.3 is 19.4 Å². The minimum atomic E-state index is -0.0761. The first-order chi connectivity index (χ1) is 15.6. The number of aromatic nitrogens is 2. The fourth-order valence-corrected chi connectivity index (χ4v) is 3.87. The van der Waals surface area contributed by atoms with Gasteiger partial charge in [-0.15, -0.1) is 0 Å². The predicted octanol–water partition coefficient (Wildman–Crippen LogP) is 4.52. The van der Waals surface area contributed by atoms with Crippen LogP contribution in [0.1, 0.15) is 29.9 Å². The van der Waals surface area contributed by atoms with E-state index < -0.39 is 0 Å². The van der Waals surface area contributed by atoms with Crippen LogP contribution in [0.25, 0.3) is 11.0 Å². The van der Waals surface area contributed by atoms with Gasteiger partial charge >= 0.3 is 0 Å². The van der Waals surface area contributed by atoms with Gasteiger partial charge in [0.25, 0.3) is 0 Å². The van der Waals surface area contributed by atoms with Crippen molar-refractivity contribution < 1.29 is 14.3 Å². The van der Waals surface area contributed by atoms with E-state index in [0.29, 0.717) is 17.9 Å².